The van der Waals surface area contributed by atoms with Gasteiger partial charge >= 0.3 is 5.97 Å². The van der Waals surface area contributed by atoms with Gasteiger partial charge in [0.15, 0.2) is 0 Å². The Hall–Kier alpha value is -1.82. The first-order valence-electron chi connectivity index (χ1n) is 6.31. The van der Waals surface area contributed by atoms with Crippen molar-refractivity contribution in [1.29, 1.82) is 0 Å². The number of nitrogens with one attached hydrogen (secondary N) is 1. The number of rotatable bonds is 5. The largest absolute Gasteiger partial charge is 0.478 e. The van der Waals surface area contributed by atoms with Crippen LogP contribution in [0.25, 0.3) is 0 Å². The van der Waals surface area contributed by atoms with Gasteiger partial charge in [0.1, 0.15) is 0 Å². The van der Waals surface area contributed by atoms with Crippen LogP contribution < -0.4 is 5.32 Å². The second-order valence-electron chi connectivity index (χ2n) is 4.63. The summed E-state index contributed by atoms with van der Waals surface area (Å²) in [5.41, 5.74) is 1.12. The van der Waals surface area contributed by atoms with Crippen LogP contribution in [0.15, 0.2) is 24.3 Å². The Bertz CT molecular complexity index is 459. The molecule has 1 fully saturated rings. The van der Waals surface area contributed by atoms with Gasteiger partial charge in [-0.05, 0) is 44.1 Å². The molecule has 2 rings (SSSR count). The lowest BCUT2D eigenvalue weighted by Crippen LogP contribution is -2.41. The number of hydrogen-bond donors (Lipinski definition) is 2. The van der Waals surface area contributed by atoms with Gasteiger partial charge in [-0.15, -0.1) is 0 Å². The summed E-state index contributed by atoms with van der Waals surface area (Å²) >= 11 is 0. The molecule has 0 aromatic heterocycles. The van der Waals surface area contributed by atoms with Crippen LogP contribution in [-0.4, -0.2) is 48.6 Å². The highest BCUT2D eigenvalue weighted by Crippen LogP contribution is 2.17. The first-order valence-corrected chi connectivity index (χ1v) is 6.31. The van der Waals surface area contributed by atoms with Gasteiger partial charge < -0.3 is 20.0 Å². The number of nitrogens with zero attached hydrogens (tertiary/aromatic N) is 1. The molecule has 0 atom stereocenters. The van der Waals surface area contributed by atoms with E-state index in [1.807, 2.05) is 10.9 Å². The topological polar surface area (TPSA) is 69.6 Å². The van der Waals surface area contributed by atoms with Crippen molar-refractivity contribution in [3.05, 3.63) is 29.8 Å². The van der Waals surface area contributed by atoms with Crippen LogP contribution in [0.5, 0.6) is 0 Å². The van der Waals surface area contributed by atoms with Crippen LogP contribution in [-0.2, 0) is 4.79 Å². The standard InChI is InChI=1S/C13H16BN2O3/c17-9-14-16-6-4-11(5-7-16)15-12-3-1-2-10(8-12)13(18)19/h1-3,8-9,11,15H,4-7H2,(H,18,19). The average molecular weight is 259 g/mol. The molecule has 19 heavy (non-hydrogen) atoms. The summed E-state index contributed by atoms with van der Waals surface area (Å²) in [6, 6.07) is 7.15. The van der Waals surface area contributed by atoms with E-state index in [1.54, 1.807) is 25.6 Å². The molecule has 99 valence electrons. The van der Waals surface area contributed by atoms with Crippen LogP contribution in [0.2, 0.25) is 0 Å². The molecule has 0 aliphatic carbocycles. The van der Waals surface area contributed by atoms with E-state index >= 15 is 0 Å². The number of benzene rings is 1. The summed E-state index contributed by atoms with van der Waals surface area (Å²) in [5.74, 6) is -0.918. The molecule has 5 nitrogen and oxygen atoms in total. The monoisotopic (exact) mass is 259 g/mol. The van der Waals surface area contributed by atoms with E-state index in [-0.39, 0.29) is 5.56 Å². The van der Waals surface area contributed by atoms with Crippen molar-refractivity contribution in [2.45, 2.75) is 18.9 Å². The maximum Gasteiger partial charge on any atom is 0.335 e. The van der Waals surface area contributed by atoms with Crippen LogP contribution in [0.3, 0.4) is 0 Å². The lowest BCUT2D eigenvalue weighted by Gasteiger charge is -2.31. The van der Waals surface area contributed by atoms with Crippen LogP contribution in [0.4, 0.5) is 5.69 Å². The molecule has 1 aliphatic rings. The number of carboxylic acid groups (broad SMARTS) is 1. The number of hydrogen-bond acceptors (Lipinski definition) is 4. The SMILES string of the molecule is O=C[B]N1CCC(Nc2cccc(C(=O)O)c2)CC1. The quantitative estimate of drug-likeness (QED) is 0.611. The summed E-state index contributed by atoms with van der Waals surface area (Å²) in [6.07, 6.45) is 2.67. The van der Waals surface area contributed by atoms with Crippen molar-refractivity contribution in [2.24, 2.45) is 0 Å². The number of piperidine rings is 1. The molecule has 0 unspecified atom stereocenters. The highest BCUT2D eigenvalue weighted by atomic mass is 16.4. The Morgan fingerprint density at radius 2 is 2.16 bits per heavy atom. The Morgan fingerprint density at radius 1 is 1.42 bits per heavy atom. The first kappa shape index (κ1) is 13.6. The number of aromatic carboxylic acids is 1. The number of carboxylic acids is 1. The second kappa shape index (κ2) is 6.38. The Labute approximate surface area is 112 Å². The van der Waals surface area contributed by atoms with Crippen molar-refractivity contribution < 1.29 is 14.7 Å². The van der Waals surface area contributed by atoms with Gasteiger partial charge in [0, 0.05) is 11.7 Å². The van der Waals surface area contributed by atoms with E-state index in [1.165, 1.54) is 0 Å². The normalized spacial score (nSPS) is 16.8. The van der Waals surface area contributed by atoms with Crippen LogP contribution in [0.1, 0.15) is 23.2 Å². The molecule has 1 heterocycles. The van der Waals surface area contributed by atoms with Gasteiger partial charge in [0.25, 0.3) is 7.41 Å². The molecule has 0 spiro atoms. The third-order valence-electron chi connectivity index (χ3n) is 3.28. The van der Waals surface area contributed by atoms with Crippen LogP contribution in [0, 0.1) is 0 Å². The van der Waals surface area contributed by atoms with E-state index in [9.17, 15) is 9.59 Å². The van der Waals surface area contributed by atoms with Gasteiger partial charge in [-0.25, -0.2) is 4.79 Å². The van der Waals surface area contributed by atoms with Gasteiger partial charge in [0.05, 0.1) is 11.7 Å². The Morgan fingerprint density at radius 3 is 2.79 bits per heavy atom. The molecule has 0 bridgehead atoms. The third-order valence-corrected chi connectivity index (χ3v) is 3.28. The van der Waals surface area contributed by atoms with Crippen molar-refractivity contribution in [2.75, 3.05) is 18.4 Å². The van der Waals surface area contributed by atoms with E-state index in [2.05, 4.69) is 5.32 Å². The molecule has 2 N–H and O–H groups in total. The lowest BCUT2D eigenvalue weighted by atomic mass is 9.90. The summed E-state index contributed by atoms with van der Waals surface area (Å²) in [5, 5.41) is 12.3. The number of carbonyl (C=O) groups excluding carboxylic acids is 1. The molecular weight excluding hydrogens is 243 g/mol. The minimum absolute atomic E-state index is 0.289. The van der Waals surface area contributed by atoms with Gasteiger partial charge in [-0.2, -0.15) is 0 Å². The minimum atomic E-state index is -0.918. The molecule has 1 aliphatic heterocycles. The minimum Gasteiger partial charge on any atom is -0.478 e. The van der Waals surface area contributed by atoms with Gasteiger partial charge in [-0.1, -0.05) is 6.07 Å². The Balaban J connectivity index is 1.90. The zero-order chi connectivity index (χ0) is 13.7. The summed E-state index contributed by atoms with van der Waals surface area (Å²) in [4.78, 5) is 23.3. The van der Waals surface area contributed by atoms with E-state index < -0.39 is 5.97 Å². The smallest absolute Gasteiger partial charge is 0.335 e. The maximum atomic E-state index is 10.9. The number of carbonyl (C=O) groups is 2. The molecule has 1 radical (unpaired) electrons. The molecule has 6 heteroatoms. The molecule has 0 amide bonds. The van der Waals surface area contributed by atoms with E-state index in [0.717, 1.165) is 37.8 Å². The van der Waals surface area contributed by atoms with Crippen LogP contribution >= 0.6 is 0 Å². The zero-order valence-corrected chi connectivity index (χ0v) is 10.6. The molecule has 0 saturated carbocycles. The second-order valence-corrected chi connectivity index (χ2v) is 4.63. The maximum absolute atomic E-state index is 10.9. The summed E-state index contributed by atoms with van der Waals surface area (Å²) in [6.45, 7) is 1.68. The summed E-state index contributed by atoms with van der Waals surface area (Å²) in [7, 11) is 1.57. The highest BCUT2D eigenvalue weighted by Gasteiger charge is 2.19. The predicted octanol–water partition coefficient (Wildman–Crippen LogP) is 1.07. The highest BCUT2D eigenvalue weighted by molar-refractivity contribution is 6.64. The molecule has 1 aromatic rings. The predicted molar refractivity (Wildman–Crippen MR) is 74.1 cm³/mol. The van der Waals surface area contributed by atoms with E-state index in [4.69, 9.17) is 5.11 Å². The van der Waals surface area contributed by atoms with Crippen molar-refractivity contribution >= 4 is 25.3 Å². The summed E-state index contributed by atoms with van der Waals surface area (Å²) < 4.78 is 0. The fourth-order valence-electron chi connectivity index (χ4n) is 2.26. The van der Waals surface area contributed by atoms with E-state index in [0.29, 0.717) is 6.04 Å². The van der Waals surface area contributed by atoms with Crippen molar-refractivity contribution in [3.8, 4) is 0 Å². The average Bonchev–Trinajstić information content (AvgIpc) is 2.42. The molecule has 1 aromatic carbocycles. The molecule has 1 saturated heterocycles. The fraction of sp³-hybridized carbons (Fsp3) is 0.385. The Kier molecular flexibility index (Phi) is 4.57. The fourth-order valence-corrected chi connectivity index (χ4v) is 2.26. The number of anilines is 1. The lowest BCUT2D eigenvalue weighted by molar-refractivity contribution is 0.0697. The molecular formula is C13H16BN2O3. The third kappa shape index (κ3) is 3.82. The zero-order valence-electron chi connectivity index (χ0n) is 10.6. The van der Waals surface area contributed by atoms with Crippen molar-refractivity contribution in [1.82, 2.24) is 4.81 Å². The van der Waals surface area contributed by atoms with Crippen molar-refractivity contribution in [3.63, 3.8) is 0 Å². The van der Waals surface area contributed by atoms with Gasteiger partial charge in [0.2, 0.25) is 0 Å². The first-order chi connectivity index (χ1) is 9.19. The van der Waals surface area contributed by atoms with Gasteiger partial charge in [-0.3, -0.25) is 0 Å².